The number of unbranched alkanes of at least 4 members (excludes halogenated alkanes) is 1. The zero-order valence-electron chi connectivity index (χ0n) is 17.1. The second-order valence-electron chi connectivity index (χ2n) is 6.78. The molecular formula is C25H24O5. The number of carbonyl (C=O) groups is 2. The van der Waals surface area contributed by atoms with Gasteiger partial charge in [-0.2, -0.15) is 0 Å². The van der Waals surface area contributed by atoms with Crippen molar-refractivity contribution < 1.29 is 23.8 Å². The van der Waals surface area contributed by atoms with Crippen LogP contribution in [-0.4, -0.2) is 19.0 Å². The first kappa shape index (κ1) is 21.1. The predicted octanol–water partition coefficient (Wildman–Crippen LogP) is 5.48. The molecule has 0 saturated carbocycles. The van der Waals surface area contributed by atoms with Crippen LogP contribution in [0.4, 0.5) is 0 Å². The fourth-order valence-corrected chi connectivity index (χ4v) is 2.82. The summed E-state index contributed by atoms with van der Waals surface area (Å²) < 4.78 is 15.8. The number of aryl methyl sites for hydroxylation is 1. The molecule has 0 aliphatic rings. The van der Waals surface area contributed by atoms with Crippen LogP contribution in [0.25, 0.3) is 0 Å². The fraction of sp³-hybridized carbons (Fsp3) is 0.200. The zero-order valence-corrected chi connectivity index (χ0v) is 17.1. The van der Waals surface area contributed by atoms with Crippen molar-refractivity contribution in [2.75, 3.05) is 7.11 Å². The smallest absolute Gasteiger partial charge is 0.343 e. The van der Waals surface area contributed by atoms with E-state index in [1.807, 2.05) is 12.1 Å². The molecule has 30 heavy (non-hydrogen) atoms. The molecular weight excluding hydrogens is 380 g/mol. The molecule has 0 aliphatic carbocycles. The van der Waals surface area contributed by atoms with Crippen LogP contribution >= 0.6 is 0 Å². The lowest BCUT2D eigenvalue weighted by Crippen LogP contribution is -2.10. The predicted molar refractivity (Wildman–Crippen MR) is 114 cm³/mol. The van der Waals surface area contributed by atoms with Crippen LogP contribution in [0.2, 0.25) is 0 Å². The molecule has 0 N–H and O–H groups in total. The van der Waals surface area contributed by atoms with Crippen molar-refractivity contribution in [1.29, 1.82) is 0 Å². The van der Waals surface area contributed by atoms with Crippen LogP contribution in [0, 0.1) is 0 Å². The van der Waals surface area contributed by atoms with Crippen molar-refractivity contribution in [3.8, 4) is 17.2 Å². The van der Waals surface area contributed by atoms with Crippen molar-refractivity contribution in [2.24, 2.45) is 0 Å². The van der Waals surface area contributed by atoms with E-state index >= 15 is 0 Å². The highest BCUT2D eigenvalue weighted by molar-refractivity contribution is 5.92. The molecule has 0 unspecified atom stereocenters. The first-order valence-corrected chi connectivity index (χ1v) is 9.86. The van der Waals surface area contributed by atoms with E-state index in [-0.39, 0.29) is 0 Å². The van der Waals surface area contributed by atoms with Gasteiger partial charge < -0.3 is 14.2 Å². The molecule has 0 spiro atoms. The van der Waals surface area contributed by atoms with E-state index in [4.69, 9.17) is 14.2 Å². The summed E-state index contributed by atoms with van der Waals surface area (Å²) in [5.41, 5.74) is 2.00. The maximum atomic E-state index is 12.3. The fourth-order valence-electron chi connectivity index (χ4n) is 2.82. The maximum absolute atomic E-state index is 12.3. The minimum absolute atomic E-state index is 0.340. The Kier molecular flexibility index (Phi) is 7.22. The minimum atomic E-state index is -0.490. The average Bonchev–Trinajstić information content (AvgIpc) is 2.79. The summed E-state index contributed by atoms with van der Waals surface area (Å²) in [6.45, 7) is 2.15. The van der Waals surface area contributed by atoms with Crippen LogP contribution in [0.5, 0.6) is 17.2 Å². The monoisotopic (exact) mass is 404 g/mol. The van der Waals surface area contributed by atoms with Crippen molar-refractivity contribution in [2.45, 2.75) is 26.2 Å². The average molecular weight is 404 g/mol. The summed E-state index contributed by atoms with van der Waals surface area (Å²) in [5.74, 6) is 0.536. The van der Waals surface area contributed by atoms with Gasteiger partial charge in [0.15, 0.2) is 0 Å². The molecule has 0 aromatic heterocycles. The van der Waals surface area contributed by atoms with Crippen LogP contribution in [0.3, 0.4) is 0 Å². The van der Waals surface area contributed by atoms with Crippen molar-refractivity contribution in [1.82, 2.24) is 0 Å². The van der Waals surface area contributed by atoms with Gasteiger partial charge in [-0.1, -0.05) is 25.5 Å². The molecule has 0 heterocycles. The molecule has 5 heteroatoms. The molecule has 0 atom stereocenters. The lowest BCUT2D eigenvalue weighted by molar-refractivity contribution is 0.0730. The van der Waals surface area contributed by atoms with Gasteiger partial charge in [0, 0.05) is 0 Å². The number of methoxy groups -OCH3 is 1. The van der Waals surface area contributed by atoms with Gasteiger partial charge in [0.2, 0.25) is 0 Å². The van der Waals surface area contributed by atoms with E-state index < -0.39 is 11.9 Å². The second-order valence-corrected chi connectivity index (χ2v) is 6.78. The largest absolute Gasteiger partial charge is 0.497 e. The Balaban J connectivity index is 1.57. The molecule has 0 amide bonds. The summed E-state index contributed by atoms with van der Waals surface area (Å²) in [6.07, 6.45) is 3.29. The first-order valence-electron chi connectivity index (χ1n) is 9.86. The van der Waals surface area contributed by atoms with Crippen LogP contribution in [-0.2, 0) is 6.42 Å². The third-order valence-corrected chi connectivity index (χ3v) is 4.58. The molecule has 3 aromatic rings. The third kappa shape index (κ3) is 5.70. The normalized spacial score (nSPS) is 10.3. The highest BCUT2D eigenvalue weighted by Gasteiger charge is 2.12. The second kappa shape index (κ2) is 10.3. The molecule has 0 fully saturated rings. The number of carbonyl (C=O) groups excluding carboxylic acids is 2. The van der Waals surface area contributed by atoms with Gasteiger partial charge in [-0.05, 0) is 79.1 Å². The summed E-state index contributed by atoms with van der Waals surface area (Å²) in [4.78, 5) is 24.6. The Hall–Kier alpha value is -3.60. The van der Waals surface area contributed by atoms with Crippen molar-refractivity contribution in [3.05, 3.63) is 89.5 Å². The summed E-state index contributed by atoms with van der Waals surface area (Å²) in [7, 11) is 1.56. The topological polar surface area (TPSA) is 61.8 Å². The number of hydrogen-bond acceptors (Lipinski definition) is 5. The van der Waals surface area contributed by atoms with E-state index in [1.54, 1.807) is 67.8 Å². The highest BCUT2D eigenvalue weighted by Crippen LogP contribution is 2.19. The van der Waals surface area contributed by atoms with Crippen molar-refractivity contribution in [3.63, 3.8) is 0 Å². The minimum Gasteiger partial charge on any atom is -0.497 e. The van der Waals surface area contributed by atoms with Crippen LogP contribution < -0.4 is 14.2 Å². The Bertz CT molecular complexity index is 974. The quantitative estimate of drug-likeness (QED) is 0.368. The summed E-state index contributed by atoms with van der Waals surface area (Å²) >= 11 is 0. The molecule has 154 valence electrons. The zero-order chi connectivity index (χ0) is 21.3. The number of rotatable bonds is 8. The standard InChI is InChI=1S/C25H24O5/c1-3-4-5-18-6-12-22(13-7-18)29-25(27)20-10-16-23(17-11-20)30-24(26)19-8-14-21(28-2)15-9-19/h6-17H,3-5H2,1-2H3. The number of ether oxygens (including phenoxy) is 3. The van der Waals surface area contributed by atoms with Crippen molar-refractivity contribution >= 4 is 11.9 Å². The van der Waals surface area contributed by atoms with Gasteiger partial charge in [0.05, 0.1) is 18.2 Å². The van der Waals surface area contributed by atoms with E-state index in [2.05, 4.69) is 6.92 Å². The molecule has 0 radical (unpaired) electrons. The summed E-state index contributed by atoms with van der Waals surface area (Å²) in [6, 6.07) is 20.4. The van der Waals surface area contributed by atoms with E-state index in [9.17, 15) is 9.59 Å². The highest BCUT2D eigenvalue weighted by atomic mass is 16.5. The maximum Gasteiger partial charge on any atom is 0.343 e. The van der Waals surface area contributed by atoms with Gasteiger partial charge in [-0.3, -0.25) is 0 Å². The lowest BCUT2D eigenvalue weighted by Gasteiger charge is -2.08. The number of esters is 2. The first-order chi connectivity index (χ1) is 14.6. The Morgan fingerprint density at radius 1 is 0.667 bits per heavy atom. The number of benzene rings is 3. The van der Waals surface area contributed by atoms with E-state index in [0.29, 0.717) is 28.4 Å². The van der Waals surface area contributed by atoms with Crippen LogP contribution in [0.1, 0.15) is 46.0 Å². The molecule has 0 bridgehead atoms. The lowest BCUT2D eigenvalue weighted by atomic mass is 10.1. The molecule has 0 aliphatic heterocycles. The Morgan fingerprint density at radius 2 is 1.10 bits per heavy atom. The van der Waals surface area contributed by atoms with Gasteiger partial charge >= 0.3 is 11.9 Å². The van der Waals surface area contributed by atoms with E-state index in [0.717, 1.165) is 19.3 Å². The summed E-state index contributed by atoms with van der Waals surface area (Å²) in [5, 5.41) is 0. The Morgan fingerprint density at radius 3 is 1.53 bits per heavy atom. The SMILES string of the molecule is CCCCc1ccc(OC(=O)c2ccc(OC(=O)c3ccc(OC)cc3)cc2)cc1. The molecule has 3 aromatic carbocycles. The Labute approximate surface area is 176 Å². The van der Waals surface area contributed by atoms with E-state index in [1.165, 1.54) is 5.56 Å². The third-order valence-electron chi connectivity index (χ3n) is 4.58. The molecule has 3 rings (SSSR count). The molecule has 5 nitrogen and oxygen atoms in total. The molecule has 0 saturated heterocycles. The number of hydrogen-bond donors (Lipinski definition) is 0. The van der Waals surface area contributed by atoms with Gasteiger partial charge in [0.1, 0.15) is 17.2 Å². The van der Waals surface area contributed by atoms with Gasteiger partial charge in [0.25, 0.3) is 0 Å². The van der Waals surface area contributed by atoms with Gasteiger partial charge in [-0.15, -0.1) is 0 Å². The van der Waals surface area contributed by atoms with Gasteiger partial charge in [-0.25, -0.2) is 9.59 Å². The van der Waals surface area contributed by atoms with Crippen LogP contribution in [0.15, 0.2) is 72.8 Å².